The smallest absolute Gasteiger partial charge is 0.255 e. The van der Waals surface area contributed by atoms with Crippen molar-refractivity contribution >= 4 is 34.8 Å². The van der Waals surface area contributed by atoms with Crippen molar-refractivity contribution in [2.24, 2.45) is 0 Å². The van der Waals surface area contributed by atoms with Gasteiger partial charge in [-0.15, -0.1) is 0 Å². The first-order chi connectivity index (χ1) is 15.6. The van der Waals surface area contributed by atoms with Crippen molar-refractivity contribution in [2.75, 3.05) is 10.6 Å². The SMILES string of the molecule is O=C(Nc1ccc(NC(=O)C(c2ccccc2)c2ccccc2)cc1)c1cccc(Cl)c1. The molecule has 0 saturated heterocycles. The van der Waals surface area contributed by atoms with Crippen LogP contribution in [0.15, 0.2) is 109 Å². The molecule has 0 saturated carbocycles. The van der Waals surface area contributed by atoms with Gasteiger partial charge in [0.2, 0.25) is 5.91 Å². The number of rotatable bonds is 6. The maximum Gasteiger partial charge on any atom is 0.255 e. The summed E-state index contributed by atoms with van der Waals surface area (Å²) in [7, 11) is 0. The minimum Gasteiger partial charge on any atom is -0.325 e. The number of carbonyl (C=O) groups excluding carboxylic acids is 2. The minimum absolute atomic E-state index is 0.127. The number of nitrogens with one attached hydrogen (secondary N) is 2. The van der Waals surface area contributed by atoms with Crippen molar-refractivity contribution in [1.82, 2.24) is 0 Å². The largest absolute Gasteiger partial charge is 0.325 e. The first kappa shape index (κ1) is 21.3. The van der Waals surface area contributed by atoms with E-state index in [2.05, 4.69) is 10.6 Å². The minimum atomic E-state index is -0.431. The zero-order chi connectivity index (χ0) is 22.3. The predicted molar refractivity (Wildman–Crippen MR) is 129 cm³/mol. The summed E-state index contributed by atoms with van der Waals surface area (Å²) in [6.07, 6.45) is 0. The monoisotopic (exact) mass is 440 g/mol. The lowest BCUT2D eigenvalue weighted by Crippen LogP contribution is -2.22. The molecule has 4 nitrogen and oxygen atoms in total. The maximum atomic E-state index is 13.2. The fraction of sp³-hybridized carbons (Fsp3) is 0.0370. The Balaban J connectivity index is 1.48. The second-order valence-electron chi connectivity index (χ2n) is 7.29. The molecule has 0 spiro atoms. The fourth-order valence-electron chi connectivity index (χ4n) is 3.47. The van der Waals surface area contributed by atoms with Crippen molar-refractivity contribution in [2.45, 2.75) is 5.92 Å². The van der Waals surface area contributed by atoms with Crippen molar-refractivity contribution in [3.63, 3.8) is 0 Å². The Bertz CT molecular complexity index is 1170. The van der Waals surface area contributed by atoms with E-state index in [1.54, 1.807) is 48.5 Å². The summed E-state index contributed by atoms with van der Waals surface area (Å²) in [5.41, 5.74) is 3.58. The van der Waals surface area contributed by atoms with Gasteiger partial charge in [-0.1, -0.05) is 78.3 Å². The highest BCUT2D eigenvalue weighted by Crippen LogP contribution is 2.26. The third-order valence-corrected chi connectivity index (χ3v) is 5.26. The Labute approximate surface area is 191 Å². The Morgan fingerprint density at radius 1 is 0.625 bits per heavy atom. The zero-order valence-electron chi connectivity index (χ0n) is 17.2. The molecule has 0 aromatic heterocycles. The van der Waals surface area contributed by atoms with E-state index in [1.807, 2.05) is 60.7 Å². The van der Waals surface area contributed by atoms with Crippen LogP contribution in [0.4, 0.5) is 11.4 Å². The molecule has 0 aliphatic rings. The molecular weight excluding hydrogens is 420 g/mol. The zero-order valence-corrected chi connectivity index (χ0v) is 17.9. The molecule has 0 bridgehead atoms. The van der Waals surface area contributed by atoms with E-state index in [1.165, 1.54) is 0 Å². The molecule has 0 heterocycles. The van der Waals surface area contributed by atoms with Crippen molar-refractivity contribution < 1.29 is 9.59 Å². The number of benzene rings is 4. The third kappa shape index (κ3) is 5.23. The number of carbonyl (C=O) groups is 2. The van der Waals surface area contributed by atoms with Gasteiger partial charge in [-0.05, 0) is 53.6 Å². The van der Waals surface area contributed by atoms with Crippen molar-refractivity contribution in [1.29, 1.82) is 0 Å². The molecule has 2 N–H and O–H groups in total. The van der Waals surface area contributed by atoms with Gasteiger partial charge in [-0.2, -0.15) is 0 Å². The van der Waals surface area contributed by atoms with Gasteiger partial charge in [0.25, 0.3) is 5.91 Å². The first-order valence-electron chi connectivity index (χ1n) is 10.2. The van der Waals surface area contributed by atoms with Gasteiger partial charge < -0.3 is 10.6 Å². The molecule has 5 heteroatoms. The van der Waals surface area contributed by atoms with Gasteiger partial charge in [0.05, 0.1) is 5.92 Å². The lowest BCUT2D eigenvalue weighted by molar-refractivity contribution is -0.116. The molecule has 4 rings (SSSR count). The van der Waals surface area contributed by atoms with Crippen molar-refractivity contribution in [3.05, 3.63) is 131 Å². The summed E-state index contributed by atoms with van der Waals surface area (Å²) in [6, 6.07) is 33.1. The van der Waals surface area contributed by atoms with Gasteiger partial charge in [-0.3, -0.25) is 9.59 Å². The van der Waals surface area contributed by atoms with Crippen LogP contribution in [-0.2, 0) is 4.79 Å². The highest BCUT2D eigenvalue weighted by atomic mass is 35.5. The number of halogens is 1. The molecule has 2 amide bonds. The normalized spacial score (nSPS) is 10.6. The average molecular weight is 441 g/mol. The number of hydrogen-bond acceptors (Lipinski definition) is 2. The lowest BCUT2D eigenvalue weighted by Gasteiger charge is -2.18. The molecule has 32 heavy (non-hydrogen) atoms. The van der Waals surface area contributed by atoms with Crippen LogP contribution in [0.2, 0.25) is 5.02 Å². The standard InChI is InChI=1S/C27H21ClN2O2/c28-22-13-7-12-21(18-22)26(31)29-23-14-16-24(17-15-23)30-27(32)25(19-8-3-1-4-9-19)20-10-5-2-6-11-20/h1-18,25H,(H,29,31)(H,30,32). The second kappa shape index (κ2) is 9.94. The van der Waals surface area contributed by atoms with Crippen LogP contribution in [0, 0.1) is 0 Å². The Morgan fingerprint density at radius 2 is 1.16 bits per heavy atom. The molecule has 4 aromatic carbocycles. The Hall–Kier alpha value is -3.89. The molecular formula is C27H21ClN2O2. The van der Waals surface area contributed by atoms with Gasteiger partial charge in [0.15, 0.2) is 0 Å². The Kier molecular flexibility index (Phi) is 6.63. The van der Waals surface area contributed by atoms with Gasteiger partial charge in [-0.25, -0.2) is 0 Å². The summed E-state index contributed by atoms with van der Waals surface area (Å²) in [5, 5.41) is 6.32. The van der Waals surface area contributed by atoms with Crippen LogP contribution in [0.25, 0.3) is 0 Å². The number of hydrogen-bond donors (Lipinski definition) is 2. The highest BCUT2D eigenvalue weighted by molar-refractivity contribution is 6.31. The summed E-state index contributed by atoms with van der Waals surface area (Å²) in [4.78, 5) is 25.6. The van der Waals surface area contributed by atoms with Crippen LogP contribution in [0.1, 0.15) is 27.4 Å². The van der Waals surface area contributed by atoms with Crippen LogP contribution in [0.5, 0.6) is 0 Å². The summed E-state index contributed by atoms with van der Waals surface area (Å²) < 4.78 is 0. The predicted octanol–water partition coefficient (Wildman–Crippen LogP) is 6.36. The topological polar surface area (TPSA) is 58.2 Å². The van der Waals surface area contributed by atoms with E-state index in [4.69, 9.17) is 11.6 Å². The first-order valence-corrected chi connectivity index (χ1v) is 10.6. The van der Waals surface area contributed by atoms with E-state index < -0.39 is 5.92 Å². The molecule has 4 aromatic rings. The summed E-state index contributed by atoms with van der Waals surface area (Å²) in [5.74, 6) is -0.810. The van der Waals surface area contributed by atoms with E-state index in [-0.39, 0.29) is 11.8 Å². The van der Waals surface area contributed by atoms with E-state index in [0.29, 0.717) is 22.0 Å². The summed E-state index contributed by atoms with van der Waals surface area (Å²) in [6.45, 7) is 0. The lowest BCUT2D eigenvalue weighted by atomic mass is 9.90. The van der Waals surface area contributed by atoms with Crippen LogP contribution >= 0.6 is 11.6 Å². The molecule has 0 unspecified atom stereocenters. The quantitative estimate of drug-likeness (QED) is 0.366. The van der Waals surface area contributed by atoms with E-state index >= 15 is 0 Å². The van der Waals surface area contributed by atoms with Gasteiger partial charge >= 0.3 is 0 Å². The van der Waals surface area contributed by atoms with Crippen LogP contribution in [-0.4, -0.2) is 11.8 Å². The number of amides is 2. The molecule has 0 atom stereocenters. The summed E-state index contributed by atoms with van der Waals surface area (Å²) >= 11 is 5.95. The van der Waals surface area contributed by atoms with Crippen LogP contribution < -0.4 is 10.6 Å². The average Bonchev–Trinajstić information content (AvgIpc) is 2.82. The fourth-order valence-corrected chi connectivity index (χ4v) is 3.66. The third-order valence-electron chi connectivity index (χ3n) is 5.03. The van der Waals surface area contributed by atoms with Gasteiger partial charge in [0.1, 0.15) is 0 Å². The second-order valence-corrected chi connectivity index (χ2v) is 7.72. The van der Waals surface area contributed by atoms with Crippen molar-refractivity contribution in [3.8, 4) is 0 Å². The molecule has 0 fully saturated rings. The highest BCUT2D eigenvalue weighted by Gasteiger charge is 2.22. The Morgan fingerprint density at radius 3 is 1.69 bits per heavy atom. The van der Waals surface area contributed by atoms with E-state index in [0.717, 1.165) is 11.1 Å². The molecule has 0 aliphatic heterocycles. The molecule has 0 radical (unpaired) electrons. The maximum absolute atomic E-state index is 13.2. The van der Waals surface area contributed by atoms with Crippen LogP contribution in [0.3, 0.4) is 0 Å². The van der Waals surface area contributed by atoms with Gasteiger partial charge in [0, 0.05) is 22.0 Å². The molecule has 0 aliphatic carbocycles. The number of anilines is 2. The van der Waals surface area contributed by atoms with E-state index in [9.17, 15) is 9.59 Å². The molecule has 158 valence electrons.